The smallest absolute Gasteiger partial charge is 0.332 e. The van der Waals surface area contributed by atoms with Crippen molar-refractivity contribution in [3.05, 3.63) is 23.2 Å². The molecule has 1 unspecified atom stereocenters. The number of carbonyl (C=O) groups is 1. The van der Waals surface area contributed by atoms with E-state index in [0.29, 0.717) is 5.57 Å². The molecule has 0 amide bonds. The van der Waals surface area contributed by atoms with Crippen molar-refractivity contribution >= 4 is 12.9 Å². The number of methoxy groups -OCH3 is 1. The van der Waals surface area contributed by atoms with E-state index >= 15 is 0 Å². The van der Waals surface area contributed by atoms with Gasteiger partial charge in [-0.25, -0.2) is 4.79 Å². The Morgan fingerprint density at radius 2 is 1.58 bits per heavy atom. The number of esters is 1. The highest BCUT2D eigenvalue weighted by molar-refractivity contribution is 6.77. The molecule has 1 fully saturated rings. The van der Waals surface area contributed by atoms with Crippen LogP contribution in [0.4, 0.5) is 0 Å². The van der Waals surface area contributed by atoms with Crippen LogP contribution >= 0.6 is 0 Å². The molecule has 2 rings (SSSR count). The number of hydrogen-bond donors (Lipinski definition) is 1. The van der Waals surface area contributed by atoms with Gasteiger partial charge in [0.05, 0.1) is 18.3 Å². The zero-order valence-electron chi connectivity index (χ0n) is 22.4. The number of ether oxygens (including phenoxy) is 1. The molecule has 0 aromatic heterocycles. The van der Waals surface area contributed by atoms with Gasteiger partial charge in [0.25, 0.3) is 0 Å². The molecule has 5 heteroatoms. The molecular formula is C26H51BO4. The van der Waals surface area contributed by atoms with Gasteiger partial charge >= 0.3 is 12.9 Å². The van der Waals surface area contributed by atoms with Crippen molar-refractivity contribution in [3.8, 4) is 0 Å². The first-order chi connectivity index (χ1) is 14.5. The maximum atomic E-state index is 11.6. The van der Waals surface area contributed by atoms with Crippen molar-refractivity contribution < 1.29 is 19.3 Å². The lowest BCUT2D eigenvalue weighted by Gasteiger charge is -2.37. The largest absolute Gasteiger partial charge is 0.466 e. The maximum Gasteiger partial charge on any atom is 0.332 e. The van der Waals surface area contributed by atoms with E-state index in [1.807, 2.05) is 27.7 Å². The van der Waals surface area contributed by atoms with Crippen molar-refractivity contribution in [2.45, 2.75) is 131 Å². The van der Waals surface area contributed by atoms with Gasteiger partial charge in [-0.2, -0.15) is 0 Å². The molecule has 182 valence electrons. The van der Waals surface area contributed by atoms with Crippen LogP contribution in [0.1, 0.15) is 114 Å². The van der Waals surface area contributed by atoms with Crippen LogP contribution in [0.3, 0.4) is 0 Å². The minimum Gasteiger partial charge on any atom is -0.466 e. The van der Waals surface area contributed by atoms with Gasteiger partial charge in [-0.3, -0.25) is 0 Å². The third kappa shape index (κ3) is 11.9. The second kappa shape index (κ2) is 16.6. The Morgan fingerprint density at radius 1 is 1.10 bits per heavy atom. The van der Waals surface area contributed by atoms with Crippen molar-refractivity contribution in [1.82, 2.24) is 0 Å². The maximum absolute atomic E-state index is 11.6. The Balaban J connectivity index is 0. The first-order valence-corrected chi connectivity index (χ1v) is 12.3. The third-order valence-corrected chi connectivity index (χ3v) is 5.84. The van der Waals surface area contributed by atoms with E-state index in [4.69, 9.17) is 9.39 Å². The normalized spacial score (nSPS) is 18.6. The van der Waals surface area contributed by atoms with Crippen LogP contribution < -0.4 is 0 Å². The minimum atomic E-state index is -0.946. The quantitative estimate of drug-likeness (QED) is 0.196. The fraction of sp³-hybridized carbons (Fsp3) is 0.808. The topological polar surface area (TPSA) is 55.8 Å². The molecule has 2 aliphatic rings. The van der Waals surface area contributed by atoms with Crippen LogP contribution in [0.15, 0.2) is 23.2 Å². The highest BCUT2D eigenvalue weighted by Gasteiger charge is 2.55. The van der Waals surface area contributed by atoms with Crippen molar-refractivity contribution in [1.29, 1.82) is 0 Å². The summed E-state index contributed by atoms with van der Waals surface area (Å²) in [6.45, 7) is 19.4. The zero-order chi connectivity index (χ0) is 24.7. The molecule has 1 aliphatic carbocycles. The summed E-state index contributed by atoms with van der Waals surface area (Å²) in [5.41, 5.74) is 0.0130. The van der Waals surface area contributed by atoms with Crippen molar-refractivity contribution in [2.75, 3.05) is 7.11 Å². The molecule has 4 nitrogen and oxygen atoms in total. The van der Waals surface area contributed by atoms with Gasteiger partial charge in [0.1, 0.15) is 0 Å². The molecule has 1 heterocycles. The minimum absolute atomic E-state index is 0.0921. The van der Waals surface area contributed by atoms with Crippen LogP contribution in [0.5, 0.6) is 0 Å². The number of hydrogen-bond acceptors (Lipinski definition) is 4. The average molecular weight is 439 g/mol. The summed E-state index contributed by atoms with van der Waals surface area (Å²) in [5, 5.41) is 10.1. The lowest BCUT2D eigenvalue weighted by Crippen LogP contribution is -2.48. The van der Waals surface area contributed by atoms with Gasteiger partial charge in [-0.1, -0.05) is 77.9 Å². The summed E-state index contributed by atoms with van der Waals surface area (Å²) in [6.07, 6.45) is 13.5. The molecule has 0 spiro atoms. The van der Waals surface area contributed by atoms with E-state index in [2.05, 4.69) is 32.9 Å². The van der Waals surface area contributed by atoms with E-state index in [0.717, 1.165) is 11.9 Å². The lowest BCUT2D eigenvalue weighted by atomic mass is 9.81. The second-order valence-corrected chi connectivity index (χ2v) is 8.95. The SMILES string of the molecule is C1=CCCC1.CC.CCC1B(OC(C)(C)C(C)(C)O)/C1=C(/C)C(=O)OC.CCCCC. The summed E-state index contributed by atoms with van der Waals surface area (Å²) < 4.78 is 10.8. The van der Waals surface area contributed by atoms with Crippen LogP contribution in [-0.2, 0) is 14.2 Å². The highest BCUT2D eigenvalue weighted by Crippen LogP contribution is 2.50. The summed E-state index contributed by atoms with van der Waals surface area (Å²) in [6, 6.07) is 0. The van der Waals surface area contributed by atoms with Crippen molar-refractivity contribution in [3.63, 3.8) is 0 Å². The van der Waals surface area contributed by atoms with Crippen LogP contribution in [0, 0.1) is 0 Å². The van der Waals surface area contributed by atoms with Gasteiger partial charge in [0.15, 0.2) is 0 Å². The van der Waals surface area contributed by atoms with Crippen LogP contribution in [0.2, 0.25) is 5.82 Å². The van der Waals surface area contributed by atoms with E-state index < -0.39 is 11.2 Å². The van der Waals surface area contributed by atoms with E-state index in [9.17, 15) is 9.90 Å². The number of unbranched alkanes of at least 4 members (excludes halogenated alkanes) is 2. The van der Waals surface area contributed by atoms with E-state index in [-0.39, 0.29) is 18.7 Å². The molecular weight excluding hydrogens is 387 g/mol. The molecule has 0 bridgehead atoms. The Morgan fingerprint density at radius 3 is 1.84 bits per heavy atom. The number of rotatable bonds is 7. The molecule has 0 aromatic carbocycles. The molecule has 1 aliphatic heterocycles. The molecule has 0 aromatic rings. The molecule has 0 radical (unpaired) electrons. The average Bonchev–Trinajstić information content (AvgIpc) is 3.10. The predicted molar refractivity (Wildman–Crippen MR) is 136 cm³/mol. The molecule has 0 saturated carbocycles. The van der Waals surface area contributed by atoms with Crippen LogP contribution in [-0.4, -0.2) is 36.3 Å². The number of allylic oxidation sites excluding steroid dienone is 3. The molecule has 1 saturated heterocycles. The summed E-state index contributed by atoms with van der Waals surface area (Å²) >= 11 is 0. The van der Waals surface area contributed by atoms with Gasteiger partial charge in [-0.15, -0.1) is 0 Å². The second-order valence-electron chi connectivity index (χ2n) is 8.95. The summed E-state index contributed by atoms with van der Waals surface area (Å²) in [4.78, 5) is 11.6. The lowest BCUT2D eigenvalue weighted by molar-refractivity contribution is -0.136. The number of carbonyl (C=O) groups excluding carboxylic acids is 1. The van der Waals surface area contributed by atoms with Crippen LogP contribution in [0.25, 0.3) is 0 Å². The molecule has 1 atom stereocenters. The van der Waals surface area contributed by atoms with Crippen molar-refractivity contribution in [2.24, 2.45) is 0 Å². The Labute approximate surface area is 194 Å². The van der Waals surface area contributed by atoms with Gasteiger partial charge in [0.2, 0.25) is 0 Å². The summed E-state index contributed by atoms with van der Waals surface area (Å²) in [7, 11) is 1.38. The Kier molecular flexibility index (Phi) is 17.1. The zero-order valence-corrected chi connectivity index (χ0v) is 22.4. The van der Waals surface area contributed by atoms with E-state index in [1.54, 1.807) is 20.8 Å². The fourth-order valence-corrected chi connectivity index (χ4v) is 3.04. The summed E-state index contributed by atoms with van der Waals surface area (Å²) in [5.74, 6) is -0.0543. The standard InChI is InChI=1S/C14H25BO4.C5H8.C5H12.C2H6/c1-8-10-11(9(2)12(16)18-7)15(10)19-14(5,6)13(3,4)17;1-2-4-5-3-1;1-3-5-4-2;1-2/h10,17H,8H2,1-7H3;1-2H,3-5H2;3-5H2,1-2H3;1-2H3/b11-9-;;;. The molecule has 31 heavy (non-hydrogen) atoms. The number of aliphatic hydroxyl groups is 1. The molecule has 1 N–H and O–H groups in total. The van der Waals surface area contributed by atoms with E-state index in [1.165, 1.54) is 45.6 Å². The first kappa shape index (κ1) is 32.1. The first-order valence-electron chi connectivity index (χ1n) is 12.3. The highest BCUT2D eigenvalue weighted by atomic mass is 16.5. The van der Waals surface area contributed by atoms with Gasteiger partial charge < -0.3 is 14.5 Å². The van der Waals surface area contributed by atoms with Gasteiger partial charge in [0, 0.05) is 5.57 Å². The third-order valence-electron chi connectivity index (χ3n) is 5.84. The Bertz CT molecular complexity index is 536. The predicted octanol–water partition coefficient (Wildman–Crippen LogP) is 7.32. The Hall–Kier alpha value is -1.07. The van der Waals surface area contributed by atoms with Gasteiger partial charge in [-0.05, 0) is 59.7 Å². The fourth-order valence-electron chi connectivity index (χ4n) is 3.04. The monoisotopic (exact) mass is 438 g/mol.